The number of fused-ring (bicyclic) bond motifs is 1. The number of nitrogens with zero attached hydrogens (tertiary/aromatic N) is 5. The normalized spacial score (nSPS) is 17.2. The van der Waals surface area contributed by atoms with Crippen molar-refractivity contribution in [3.63, 3.8) is 0 Å². The summed E-state index contributed by atoms with van der Waals surface area (Å²) in [5.74, 6) is 1.54. The third kappa shape index (κ3) is 3.61. The smallest absolute Gasteiger partial charge is 0.254 e. The van der Waals surface area contributed by atoms with Gasteiger partial charge in [0.25, 0.3) is 5.78 Å². The maximum atomic E-state index is 5.20. The van der Waals surface area contributed by atoms with Gasteiger partial charge in [-0.1, -0.05) is 12.8 Å². The first-order valence-corrected chi connectivity index (χ1v) is 8.19. The molecule has 7 heteroatoms. The summed E-state index contributed by atoms with van der Waals surface area (Å²) in [5, 5.41) is 7.88. The molecule has 1 N–H and O–H groups in total. The molecule has 2 aromatic rings. The molecule has 0 amide bonds. The molecule has 3 rings (SSSR count). The van der Waals surface area contributed by atoms with Gasteiger partial charge in [0.15, 0.2) is 0 Å². The summed E-state index contributed by atoms with van der Waals surface area (Å²) < 4.78 is 6.97. The Morgan fingerprint density at radius 2 is 2.13 bits per heavy atom. The van der Waals surface area contributed by atoms with E-state index in [-0.39, 0.29) is 0 Å². The van der Waals surface area contributed by atoms with Gasteiger partial charge in [0.05, 0.1) is 12.3 Å². The van der Waals surface area contributed by atoms with Gasteiger partial charge in [0, 0.05) is 31.7 Å². The maximum absolute atomic E-state index is 5.20. The number of nitrogens with one attached hydrogen (secondary N) is 1. The molecule has 0 radical (unpaired) electrons. The molecule has 1 saturated carbocycles. The van der Waals surface area contributed by atoms with E-state index < -0.39 is 0 Å². The van der Waals surface area contributed by atoms with Crippen molar-refractivity contribution in [1.29, 1.82) is 0 Å². The van der Waals surface area contributed by atoms with Crippen LogP contribution in [0.2, 0.25) is 0 Å². The van der Waals surface area contributed by atoms with Crippen LogP contribution in [-0.2, 0) is 11.3 Å². The molecule has 1 fully saturated rings. The quantitative estimate of drug-likeness (QED) is 0.840. The Kier molecular flexibility index (Phi) is 4.77. The zero-order valence-electron chi connectivity index (χ0n) is 14.2. The second kappa shape index (κ2) is 6.80. The van der Waals surface area contributed by atoms with E-state index in [0.717, 1.165) is 24.6 Å². The average Bonchev–Trinajstić information content (AvgIpc) is 3.14. The molecule has 0 bridgehead atoms. The fourth-order valence-corrected chi connectivity index (χ4v) is 3.67. The molecule has 0 spiro atoms. The largest absolute Gasteiger partial charge is 0.378 e. The number of aromatic nitrogens is 4. The lowest BCUT2D eigenvalue weighted by atomic mass is 9.85. The molecule has 2 heterocycles. The van der Waals surface area contributed by atoms with Crippen molar-refractivity contribution < 1.29 is 4.74 Å². The van der Waals surface area contributed by atoms with Gasteiger partial charge in [0.1, 0.15) is 12.1 Å². The van der Waals surface area contributed by atoms with Crippen molar-refractivity contribution in [3.05, 3.63) is 18.1 Å². The molecule has 1 aliphatic carbocycles. The first-order valence-electron chi connectivity index (χ1n) is 8.19. The van der Waals surface area contributed by atoms with E-state index in [4.69, 9.17) is 4.74 Å². The summed E-state index contributed by atoms with van der Waals surface area (Å²) in [6, 6.07) is 2.00. The number of hydrogen-bond donors (Lipinski definition) is 1. The Morgan fingerprint density at radius 1 is 1.35 bits per heavy atom. The van der Waals surface area contributed by atoms with Crippen molar-refractivity contribution in [2.45, 2.75) is 32.3 Å². The van der Waals surface area contributed by atoms with Crippen LogP contribution < -0.4 is 5.32 Å². The van der Waals surface area contributed by atoms with Gasteiger partial charge in [-0.25, -0.2) is 4.98 Å². The molecule has 0 unspecified atom stereocenters. The second-order valence-corrected chi connectivity index (χ2v) is 6.84. The van der Waals surface area contributed by atoms with E-state index in [1.165, 1.54) is 32.0 Å². The third-order valence-electron chi connectivity index (χ3n) is 4.56. The average molecular weight is 318 g/mol. The third-order valence-corrected chi connectivity index (χ3v) is 4.56. The predicted octanol–water partition coefficient (Wildman–Crippen LogP) is 1.80. The lowest BCUT2D eigenvalue weighted by Crippen LogP contribution is -2.37. The fourth-order valence-electron chi connectivity index (χ4n) is 3.67. The van der Waals surface area contributed by atoms with Crippen LogP contribution in [0.5, 0.6) is 0 Å². The predicted molar refractivity (Wildman–Crippen MR) is 89.4 cm³/mol. The molecule has 7 nitrogen and oxygen atoms in total. The van der Waals surface area contributed by atoms with Crippen molar-refractivity contribution in [2.75, 3.05) is 39.6 Å². The van der Waals surface area contributed by atoms with E-state index in [0.29, 0.717) is 17.8 Å². The zero-order valence-corrected chi connectivity index (χ0v) is 14.2. The minimum Gasteiger partial charge on any atom is -0.378 e. The molecule has 126 valence electrons. The maximum Gasteiger partial charge on any atom is 0.254 e. The highest BCUT2D eigenvalue weighted by Crippen LogP contribution is 2.38. The number of ether oxygens (including phenoxy) is 1. The van der Waals surface area contributed by atoms with Crippen LogP contribution in [0, 0.1) is 5.41 Å². The summed E-state index contributed by atoms with van der Waals surface area (Å²) in [6.45, 7) is 2.52. The standard InChI is InChI=1S/C16H26N6O/c1-21(2)11-16(6-4-5-7-16)10-17-14-8-13(9-23-3)20-15-18-12-19-22(14)15/h8,12,17H,4-7,9-11H2,1-3H3. The van der Waals surface area contributed by atoms with Crippen molar-refractivity contribution in [2.24, 2.45) is 5.41 Å². The van der Waals surface area contributed by atoms with Gasteiger partial charge >= 0.3 is 0 Å². The zero-order chi connectivity index (χ0) is 16.3. The fraction of sp³-hybridized carbons (Fsp3) is 0.688. The molecule has 0 aliphatic heterocycles. The van der Waals surface area contributed by atoms with Crippen LogP contribution in [0.1, 0.15) is 31.4 Å². The van der Waals surface area contributed by atoms with E-state index >= 15 is 0 Å². The van der Waals surface area contributed by atoms with Crippen molar-refractivity contribution >= 4 is 11.6 Å². The Bertz CT molecular complexity index is 647. The number of anilines is 1. The summed E-state index contributed by atoms with van der Waals surface area (Å²) in [7, 11) is 5.98. The summed E-state index contributed by atoms with van der Waals surface area (Å²) in [5.41, 5.74) is 1.20. The molecule has 2 aromatic heterocycles. The number of rotatable bonds is 7. The molecular weight excluding hydrogens is 292 g/mol. The molecule has 1 aliphatic rings. The van der Waals surface area contributed by atoms with Crippen LogP contribution in [0.3, 0.4) is 0 Å². The summed E-state index contributed by atoms with van der Waals surface area (Å²) >= 11 is 0. The Balaban J connectivity index is 1.81. The van der Waals surface area contributed by atoms with Crippen molar-refractivity contribution in [1.82, 2.24) is 24.5 Å². The highest BCUT2D eigenvalue weighted by molar-refractivity contribution is 5.45. The van der Waals surface area contributed by atoms with Crippen LogP contribution in [-0.4, -0.2) is 58.8 Å². The monoisotopic (exact) mass is 318 g/mol. The molecule has 0 saturated heterocycles. The van der Waals surface area contributed by atoms with Crippen LogP contribution >= 0.6 is 0 Å². The number of hydrogen-bond acceptors (Lipinski definition) is 6. The van der Waals surface area contributed by atoms with Crippen LogP contribution in [0.25, 0.3) is 5.78 Å². The van der Waals surface area contributed by atoms with E-state index in [9.17, 15) is 0 Å². The highest BCUT2D eigenvalue weighted by atomic mass is 16.5. The first-order chi connectivity index (χ1) is 11.1. The van der Waals surface area contributed by atoms with Gasteiger partial charge in [0.2, 0.25) is 0 Å². The van der Waals surface area contributed by atoms with E-state index in [2.05, 4.69) is 39.4 Å². The molecule has 0 aromatic carbocycles. The Hall–Kier alpha value is -1.73. The Morgan fingerprint density at radius 3 is 2.83 bits per heavy atom. The molecule has 23 heavy (non-hydrogen) atoms. The lowest BCUT2D eigenvalue weighted by Gasteiger charge is -2.32. The highest BCUT2D eigenvalue weighted by Gasteiger charge is 2.34. The van der Waals surface area contributed by atoms with Crippen LogP contribution in [0.4, 0.5) is 5.82 Å². The number of methoxy groups -OCH3 is 1. The molecule has 0 atom stereocenters. The summed E-state index contributed by atoms with van der Waals surface area (Å²) in [4.78, 5) is 10.9. The SMILES string of the molecule is COCc1cc(NCC2(CN(C)C)CCCC2)n2ncnc2n1. The second-order valence-electron chi connectivity index (χ2n) is 6.84. The Labute approximate surface area is 137 Å². The van der Waals surface area contributed by atoms with E-state index in [1.54, 1.807) is 11.6 Å². The van der Waals surface area contributed by atoms with Gasteiger partial charge in [-0.2, -0.15) is 14.6 Å². The van der Waals surface area contributed by atoms with Gasteiger partial charge in [-0.3, -0.25) is 0 Å². The van der Waals surface area contributed by atoms with Gasteiger partial charge < -0.3 is 15.0 Å². The minimum atomic E-state index is 0.334. The summed E-state index contributed by atoms with van der Waals surface area (Å²) in [6.07, 6.45) is 6.72. The minimum absolute atomic E-state index is 0.334. The van der Waals surface area contributed by atoms with Gasteiger partial charge in [-0.15, -0.1) is 0 Å². The van der Waals surface area contributed by atoms with E-state index in [1.807, 2.05) is 6.07 Å². The van der Waals surface area contributed by atoms with Crippen LogP contribution in [0.15, 0.2) is 12.4 Å². The molecular formula is C16H26N6O. The topological polar surface area (TPSA) is 67.6 Å². The lowest BCUT2D eigenvalue weighted by molar-refractivity contribution is 0.181. The first kappa shape index (κ1) is 16.1. The van der Waals surface area contributed by atoms with Gasteiger partial charge in [-0.05, 0) is 26.9 Å². The van der Waals surface area contributed by atoms with Crippen molar-refractivity contribution in [3.8, 4) is 0 Å².